The quantitative estimate of drug-likeness (QED) is 0.591. The normalized spacial score (nSPS) is 10.2. The summed E-state index contributed by atoms with van der Waals surface area (Å²) in [5, 5.41) is 8.57. The van der Waals surface area contributed by atoms with Crippen molar-refractivity contribution in [2.45, 2.75) is 13.8 Å². The smallest absolute Gasteiger partial charge is 0.274 e. The zero-order chi connectivity index (χ0) is 20.8. The Kier molecular flexibility index (Phi) is 6.03. The van der Waals surface area contributed by atoms with Gasteiger partial charge in [-0.25, -0.2) is 9.97 Å². The van der Waals surface area contributed by atoms with E-state index >= 15 is 0 Å². The Labute approximate surface area is 168 Å². The molecular formula is C21H21N5O3. The zero-order valence-electron chi connectivity index (χ0n) is 16.3. The summed E-state index contributed by atoms with van der Waals surface area (Å²) in [5.74, 6) is 0.396. The van der Waals surface area contributed by atoms with Crippen LogP contribution >= 0.6 is 0 Å². The van der Waals surface area contributed by atoms with Gasteiger partial charge < -0.3 is 20.7 Å². The van der Waals surface area contributed by atoms with Crippen LogP contribution in [0.1, 0.15) is 23.1 Å². The highest BCUT2D eigenvalue weighted by atomic mass is 16.5. The largest absolute Gasteiger partial charge is 0.497 e. The molecular weight excluding hydrogens is 370 g/mol. The standard InChI is InChI=1S/C21H21N5O3/c1-13-10-19(20(28)24-17-8-5-9-18(12-17)29-3)26-21(22-13)25-16-7-4-6-15(11-16)23-14(2)27/h4-12H,1-3H3,(H,23,27)(H,24,28)(H,22,25,26). The first-order valence-corrected chi connectivity index (χ1v) is 8.89. The van der Waals surface area contributed by atoms with Gasteiger partial charge in [-0.2, -0.15) is 0 Å². The topological polar surface area (TPSA) is 105 Å². The third kappa shape index (κ3) is 5.52. The Morgan fingerprint density at radius 3 is 2.31 bits per heavy atom. The first-order chi connectivity index (χ1) is 13.9. The fourth-order valence-electron chi connectivity index (χ4n) is 2.64. The molecule has 0 radical (unpaired) electrons. The number of ether oxygens (including phenoxy) is 1. The van der Waals surface area contributed by atoms with E-state index in [0.29, 0.717) is 28.5 Å². The van der Waals surface area contributed by atoms with Crippen LogP contribution < -0.4 is 20.7 Å². The molecule has 0 bridgehead atoms. The molecule has 2 aromatic carbocycles. The number of hydrogen-bond acceptors (Lipinski definition) is 6. The minimum absolute atomic E-state index is 0.162. The van der Waals surface area contributed by atoms with Crippen LogP contribution in [-0.4, -0.2) is 28.9 Å². The Hall–Kier alpha value is -3.94. The second-order valence-electron chi connectivity index (χ2n) is 6.29. The summed E-state index contributed by atoms with van der Waals surface area (Å²) in [5.41, 5.74) is 2.78. The molecule has 2 amide bonds. The van der Waals surface area contributed by atoms with Gasteiger partial charge in [-0.1, -0.05) is 12.1 Å². The van der Waals surface area contributed by atoms with Gasteiger partial charge in [0.05, 0.1) is 7.11 Å². The summed E-state index contributed by atoms with van der Waals surface area (Å²) < 4.78 is 5.17. The number of nitrogens with zero attached hydrogens (tertiary/aromatic N) is 2. The monoisotopic (exact) mass is 391 g/mol. The first-order valence-electron chi connectivity index (χ1n) is 8.89. The molecule has 0 aliphatic heterocycles. The maximum absolute atomic E-state index is 12.6. The van der Waals surface area contributed by atoms with Crippen LogP contribution in [0.2, 0.25) is 0 Å². The molecule has 0 aliphatic rings. The second kappa shape index (κ2) is 8.83. The van der Waals surface area contributed by atoms with E-state index in [1.54, 1.807) is 62.6 Å². The van der Waals surface area contributed by atoms with Gasteiger partial charge in [0.2, 0.25) is 11.9 Å². The van der Waals surface area contributed by atoms with Crippen LogP contribution in [0.3, 0.4) is 0 Å². The molecule has 3 N–H and O–H groups in total. The molecule has 1 heterocycles. The van der Waals surface area contributed by atoms with E-state index in [9.17, 15) is 9.59 Å². The third-order valence-corrected chi connectivity index (χ3v) is 3.85. The molecule has 0 saturated heterocycles. The van der Waals surface area contributed by atoms with Gasteiger partial charge in [-0.05, 0) is 43.3 Å². The number of amides is 2. The van der Waals surface area contributed by atoms with Crippen LogP contribution in [0.25, 0.3) is 0 Å². The van der Waals surface area contributed by atoms with E-state index < -0.39 is 0 Å². The van der Waals surface area contributed by atoms with Gasteiger partial charge in [0, 0.05) is 35.7 Å². The molecule has 0 fully saturated rings. The predicted molar refractivity (Wildman–Crippen MR) is 112 cm³/mol. The fourth-order valence-corrected chi connectivity index (χ4v) is 2.64. The van der Waals surface area contributed by atoms with Gasteiger partial charge in [-0.3, -0.25) is 9.59 Å². The van der Waals surface area contributed by atoms with Crippen LogP contribution in [-0.2, 0) is 4.79 Å². The Morgan fingerprint density at radius 1 is 0.897 bits per heavy atom. The maximum Gasteiger partial charge on any atom is 0.274 e. The lowest BCUT2D eigenvalue weighted by molar-refractivity contribution is -0.114. The van der Waals surface area contributed by atoms with Crippen molar-refractivity contribution in [3.8, 4) is 5.75 Å². The average molecular weight is 391 g/mol. The van der Waals surface area contributed by atoms with Crippen molar-refractivity contribution in [2.24, 2.45) is 0 Å². The number of aryl methyl sites for hydroxylation is 1. The molecule has 8 heteroatoms. The van der Waals surface area contributed by atoms with Crippen molar-refractivity contribution < 1.29 is 14.3 Å². The number of benzene rings is 2. The average Bonchev–Trinajstić information content (AvgIpc) is 2.67. The molecule has 3 rings (SSSR count). The summed E-state index contributed by atoms with van der Waals surface area (Å²) in [6.07, 6.45) is 0. The molecule has 148 valence electrons. The summed E-state index contributed by atoms with van der Waals surface area (Å²) in [7, 11) is 1.56. The molecule has 0 unspecified atom stereocenters. The summed E-state index contributed by atoms with van der Waals surface area (Å²) in [4.78, 5) is 32.5. The highest BCUT2D eigenvalue weighted by Gasteiger charge is 2.12. The number of rotatable bonds is 6. The van der Waals surface area contributed by atoms with Gasteiger partial charge in [0.25, 0.3) is 5.91 Å². The van der Waals surface area contributed by atoms with Gasteiger partial charge in [0.1, 0.15) is 11.4 Å². The van der Waals surface area contributed by atoms with Gasteiger partial charge in [0.15, 0.2) is 0 Å². The number of methoxy groups -OCH3 is 1. The molecule has 0 saturated carbocycles. The Bertz CT molecular complexity index is 1050. The van der Waals surface area contributed by atoms with E-state index in [1.807, 2.05) is 6.07 Å². The van der Waals surface area contributed by atoms with Crippen molar-refractivity contribution in [3.05, 3.63) is 66.0 Å². The van der Waals surface area contributed by atoms with Crippen molar-refractivity contribution in [1.82, 2.24) is 9.97 Å². The van der Waals surface area contributed by atoms with E-state index in [1.165, 1.54) is 6.92 Å². The minimum Gasteiger partial charge on any atom is -0.497 e. The van der Waals surface area contributed by atoms with Crippen LogP contribution in [0.5, 0.6) is 5.75 Å². The number of aromatic nitrogens is 2. The number of carbonyl (C=O) groups excluding carboxylic acids is 2. The van der Waals surface area contributed by atoms with Gasteiger partial charge in [-0.15, -0.1) is 0 Å². The fraction of sp³-hybridized carbons (Fsp3) is 0.143. The van der Waals surface area contributed by atoms with Crippen LogP contribution in [0, 0.1) is 6.92 Å². The number of nitrogens with one attached hydrogen (secondary N) is 3. The van der Waals surface area contributed by atoms with E-state index in [0.717, 1.165) is 0 Å². The lowest BCUT2D eigenvalue weighted by Gasteiger charge is -2.10. The molecule has 29 heavy (non-hydrogen) atoms. The van der Waals surface area contributed by atoms with E-state index in [-0.39, 0.29) is 23.5 Å². The number of hydrogen-bond donors (Lipinski definition) is 3. The van der Waals surface area contributed by atoms with E-state index in [2.05, 4.69) is 25.9 Å². The summed E-state index contributed by atoms with van der Waals surface area (Å²) >= 11 is 0. The molecule has 0 spiro atoms. The van der Waals surface area contributed by atoms with Crippen molar-refractivity contribution in [3.63, 3.8) is 0 Å². The van der Waals surface area contributed by atoms with Crippen LogP contribution in [0.15, 0.2) is 54.6 Å². The molecule has 0 atom stereocenters. The molecule has 3 aromatic rings. The van der Waals surface area contributed by atoms with Crippen molar-refractivity contribution >= 4 is 34.8 Å². The SMILES string of the molecule is COc1cccc(NC(=O)c2cc(C)nc(Nc3cccc(NC(C)=O)c3)n2)c1. The number of carbonyl (C=O) groups is 2. The highest BCUT2D eigenvalue weighted by molar-refractivity contribution is 6.03. The van der Waals surface area contributed by atoms with E-state index in [4.69, 9.17) is 4.74 Å². The Morgan fingerprint density at radius 2 is 1.59 bits per heavy atom. The Balaban J connectivity index is 1.79. The minimum atomic E-state index is -0.362. The second-order valence-corrected chi connectivity index (χ2v) is 6.29. The predicted octanol–water partition coefficient (Wildman–Crippen LogP) is 3.75. The zero-order valence-corrected chi connectivity index (χ0v) is 16.3. The lowest BCUT2D eigenvalue weighted by atomic mass is 10.2. The summed E-state index contributed by atoms with van der Waals surface area (Å²) in [6.45, 7) is 3.22. The summed E-state index contributed by atoms with van der Waals surface area (Å²) in [6, 6.07) is 15.8. The first kappa shape index (κ1) is 19.8. The number of anilines is 4. The third-order valence-electron chi connectivity index (χ3n) is 3.85. The maximum atomic E-state index is 12.6. The molecule has 1 aromatic heterocycles. The molecule has 8 nitrogen and oxygen atoms in total. The van der Waals surface area contributed by atoms with Crippen molar-refractivity contribution in [2.75, 3.05) is 23.1 Å². The van der Waals surface area contributed by atoms with Crippen LogP contribution in [0.4, 0.5) is 23.0 Å². The molecule has 0 aliphatic carbocycles. The highest BCUT2D eigenvalue weighted by Crippen LogP contribution is 2.20. The van der Waals surface area contributed by atoms with Gasteiger partial charge >= 0.3 is 0 Å². The lowest BCUT2D eigenvalue weighted by Crippen LogP contribution is -2.15. The van der Waals surface area contributed by atoms with Crippen molar-refractivity contribution in [1.29, 1.82) is 0 Å².